The van der Waals surface area contributed by atoms with E-state index in [1.54, 1.807) is 0 Å². The maximum absolute atomic E-state index is 2.25. The summed E-state index contributed by atoms with van der Waals surface area (Å²) in [6.07, 6.45) is 0. The molecule has 95 valence electrons. The number of fused-ring (bicyclic) bond motifs is 2. The summed E-state index contributed by atoms with van der Waals surface area (Å²) in [4.78, 5) is 0. The lowest BCUT2D eigenvalue weighted by molar-refractivity contribution is 1.78. The third-order valence-corrected chi connectivity index (χ3v) is 4.39. The minimum Gasteiger partial charge on any atom is -0.0610 e. The molecule has 0 atom stereocenters. The van der Waals surface area contributed by atoms with E-state index in [0.717, 1.165) is 0 Å². The molecular weight excluding hydrogens is 251 g/mol. The van der Waals surface area contributed by atoms with E-state index >= 15 is 0 Å². The molecule has 0 aliphatic carbocycles. The van der Waals surface area contributed by atoms with Crippen LogP contribution in [0.3, 0.4) is 0 Å². The third kappa shape index (κ3) is 1.46. The lowest BCUT2D eigenvalue weighted by atomic mass is 9.90. The first-order valence-electron chi connectivity index (χ1n) is 6.98. The van der Waals surface area contributed by atoms with Crippen molar-refractivity contribution in [1.82, 2.24) is 0 Å². The second-order valence-electron chi connectivity index (χ2n) is 5.42. The molecule has 5 aromatic rings. The molecule has 0 spiro atoms. The van der Waals surface area contributed by atoms with Gasteiger partial charge in [-0.1, -0.05) is 72.8 Å². The molecule has 3 radical (unpaired) electrons. The molecule has 0 aromatic heterocycles. The Balaban J connectivity index is 0.00000115. The molecule has 1 heteroatoms. The summed E-state index contributed by atoms with van der Waals surface area (Å²) in [6, 6.07) is 26.4. The van der Waals surface area contributed by atoms with Gasteiger partial charge >= 0.3 is 0 Å². The number of hydrogen-bond donors (Lipinski definition) is 0. The summed E-state index contributed by atoms with van der Waals surface area (Å²) in [5, 5.41) is 10.9. The lowest BCUT2D eigenvalue weighted by Crippen LogP contribution is -1.85. The zero-order valence-corrected chi connectivity index (χ0v) is 11.5. The smallest absolute Gasteiger partial charge is 0 e. The summed E-state index contributed by atoms with van der Waals surface area (Å²) in [5.74, 6) is 0. The highest BCUT2D eigenvalue weighted by Crippen LogP contribution is 2.39. The van der Waals surface area contributed by atoms with Crippen LogP contribution in [-0.2, 0) is 0 Å². The average molecular weight is 263 g/mol. The SMILES string of the molecule is [B].c1cc2cccc3c4cccc5cccc(c(c1)c23)c54. The van der Waals surface area contributed by atoms with E-state index in [-0.39, 0.29) is 8.41 Å². The molecule has 0 fully saturated rings. The van der Waals surface area contributed by atoms with Gasteiger partial charge in [0.15, 0.2) is 0 Å². The molecule has 5 rings (SSSR count). The van der Waals surface area contributed by atoms with E-state index in [1.165, 1.54) is 43.1 Å². The van der Waals surface area contributed by atoms with Crippen LogP contribution < -0.4 is 0 Å². The molecule has 0 amide bonds. The van der Waals surface area contributed by atoms with Gasteiger partial charge in [-0.2, -0.15) is 0 Å². The number of hydrogen-bond acceptors (Lipinski definition) is 0. The first-order chi connectivity index (χ1) is 9.93. The van der Waals surface area contributed by atoms with E-state index in [2.05, 4.69) is 72.8 Å². The van der Waals surface area contributed by atoms with Crippen molar-refractivity contribution in [3.63, 3.8) is 0 Å². The quantitative estimate of drug-likeness (QED) is 0.200. The van der Waals surface area contributed by atoms with E-state index in [4.69, 9.17) is 0 Å². The average Bonchev–Trinajstić information content (AvgIpc) is 2.52. The van der Waals surface area contributed by atoms with Crippen molar-refractivity contribution in [2.24, 2.45) is 0 Å². The molecular formula is C20H12B. The first-order valence-corrected chi connectivity index (χ1v) is 6.98. The van der Waals surface area contributed by atoms with Crippen LogP contribution in [0.25, 0.3) is 43.1 Å². The summed E-state index contributed by atoms with van der Waals surface area (Å²) in [6.45, 7) is 0. The van der Waals surface area contributed by atoms with E-state index < -0.39 is 0 Å². The summed E-state index contributed by atoms with van der Waals surface area (Å²) in [5.41, 5.74) is 0. The fraction of sp³-hybridized carbons (Fsp3) is 0. The highest BCUT2D eigenvalue weighted by Gasteiger charge is 2.11. The van der Waals surface area contributed by atoms with Crippen LogP contribution in [0.5, 0.6) is 0 Å². The minimum absolute atomic E-state index is 0. The summed E-state index contributed by atoms with van der Waals surface area (Å²) in [7, 11) is 0. The van der Waals surface area contributed by atoms with Crippen LogP contribution in [0.15, 0.2) is 72.8 Å². The lowest BCUT2D eigenvalue weighted by Gasteiger charge is -2.13. The minimum atomic E-state index is 0. The molecule has 0 bridgehead atoms. The zero-order valence-electron chi connectivity index (χ0n) is 11.5. The summed E-state index contributed by atoms with van der Waals surface area (Å²) < 4.78 is 0. The maximum Gasteiger partial charge on any atom is 0 e. The fourth-order valence-electron chi connectivity index (χ4n) is 3.58. The Morgan fingerprint density at radius 3 is 0.952 bits per heavy atom. The van der Waals surface area contributed by atoms with E-state index in [1.807, 2.05) is 0 Å². The van der Waals surface area contributed by atoms with Crippen molar-refractivity contribution in [2.75, 3.05) is 0 Å². The van der Waals surface area contributed by atoms with Gasteiger partial charge in [0.2, 0.25) is 0 Å². The topological polar surface area (TPSA) is 0 Å². The zero-order chi connectivity index (χ0) is 13.1. The molecule has 0 saturated heterocycles. The van der Waals surface area contributed by atoms with E-state index in [9.17, 15) is 0 Å². The predicted molar refractivity (Wildman–Crippen MR) is 93.4 cm³/mol. The molecule has 0 saturated carbocycles. The van der Waals surface area contributed by atoms with Crippen LogP contribution in [-0.4, -0.2) is 8.41 Å². The number of rotatable bonds is 0. The molecule has 0 heterocycles. The molecule has 21 heavy (non-hydrogen) atoms. The van der Waals surface area contributed by atoms with Gasteiger partial charge in [-0.3, -0.25) is 0 Å². The molecule has 0 aliphatic rings. The second kappa shape index (κ2) is 4.23. The molecule has 0 unspecified atom stereocenters. The molecule has 0 aliphatic heterocycles. The largest absolute Gasteiger partial charge is 0.0610 e. The Morgan fingerprint density at radius 1 is 0.381 bits per heavy atom. The Labute approximate surface area is 124 Å². The van der Waals surface area contributed by atoms with Gasteiger partial charge in [0.1, 0.15) is 0 Å². The fourth-order valence-corrected chi connectivity index (χ4v) is 3.58. The number of benzene rings is 5. The summed E-state index contributed by atoms with van der Waals surface area (Å²) >= 11 is 0. The molecule has 5 aromatic carbocycles. The Kier molecular flexibility index (Phi) is 2.46. The van der Waals surface area contributed by atoms with Gasteiger partial charge in [0.25, 0.3) is 0 Å². The van der Waals surface area contributed by atoms with E-state index in [0.29, 0.717) is 0 Å². The van der Waals surface area contributed by atoms with Crippen molar-refractivity contribution < 1.29 is 0 Å². The van der Waals surface area contributed by atoms with Crippen LogP contribution in [0, 0.1) is 0 Å². The van der Waals surface area contributed by atoms with Crippen molar-refractivity contribution in [3.8, 4) is 0 Å². The third-order valence-electron chi connectivity index (χ3n) is 4.39. The van der Waals surface area contributed by atoms with Crippen molar-refractivity contribution in [1.29, 1.82) is 0 Å². The van der Waals surface area contributed by atoms with Crippen molar-refractivity contribution >= 4 is 51.5 Å². The molecule has 0 nitrogen and oxygen atoms in total. The second-order valence-corrected chi connectivity index (χ2v) is 5.42. The van der Waals surface area contributed by atoms with Crippen LogP contribution in [0.1, 0.15) is 0 Å². The standard InChI is InChI=1S/C20H12.B/c1-5-13-6-2-11-17-18-12-4-8-14-7-3-10-16(20(14)18)15(9-1)19(13)17;/h1-12H;. The van der Waals surface area contributed by atoms with Crippen molar-refractivity contribution in [2.45, 2.75) is 0 Å². The van der Waals surface area contributed by atoms with Gasteiger partial charge in [-0.15, -0.1) is 0 Å². The van der Waals surface area contributed by atoms with Crippen LogP contribution in [0.4, 0.5) is 0 Å². The van der Waals surface area contributed by atoms with Gasteiger partial charge in [-0.05, 0) is 43.1 Å². The molecule has 0 N–H and O–H groups in total. The monoisotopic (exact) mass is 263 g/mol. The van der Waals surface area contributed by atoms with Crippen LogP contribution in [0.2, 0.25) is 0 Å². The van der Waals surface area contributed by atoms with Gasteiger partial charge in [-0.25, -0.2) is 0 Å². The van der Waals surface area contributed by atoms with Gasteiger partial charge in [0.05, 0.1) is 0 Å². The van der Waals surface area contributed by atoms with Gasteiger partial charge in [0, 0.05) is 8.41 Å². The maximum atomic E-state index is 2.25. The van der Waals surface area contributed by atoms with Crippen LogP contribution >= 0.6 is 0 Å². The normalized spacial score (nSPS) is 11.4. The van der Waals surface area contributed by atoms with Gasteiger partial charge < -0.3 is 0 Å². The Bertz CT molecular complexity index is 923. The highest BCUT2D eigenvalue weighted by molar-refractivity contribution is 6.32. The first kappa shape index (κ1) is 12.2. The van der Waals surface area contributed by atoms with Crippen molar-refractivity contribution in [3.05, 3.63) is 72.8 Å². The predicted octanol–water partition coefficient (Wildman–Crippen LogP) is 5.36. The highest BCUT2D eigenvalue weighted by atomic mass is 14.1. The Morgan fingerprint density at radius 2 is 0.667 bits per heavy atom. The Hall–Kier alpha value is -2.54.